The van der Waals surface area contributed by atoms with E-state index < -0.39 is 11.2 Å². The van der Waals surface area contributed by atoms with Gasteiger partial charge in [0.25, 0.3) is 0 Å². The van der Waals surface area contributed by atoms with E-state index in [2.05, 4.69) is 22.9 Å². The summed E-state index contributed by atoms with van der Waals surface area (Å²) in [5.74, 6) is 4.83. The van der Waals surface area contributed by atoms with Gasteiger partial charge in [0.05, 0.1) is 0 Å². The minimum atomic E-state index is -1.32. The average molecular weight is 914 g/mol. The molecule has 8 rings (SSSR count). The third-order valence-electron chi connectivity index (χ3n) is 10.5. The van der Waals surface area contributed by atoms with Gasteiger partial charge in [-0.2, -0.15) is 9.59 Å². The van der Waals surface area contributed by atoms with Gasteiger partial charge >= 0.3 is 18.3 Å². The van der Waals surface area contributed by atoms with Crippen molar-refractivity contribution in [2.45, 2.75) is 97.4 Å². The predicted octanol–water partition coefficient (Wildman–Crippen LogP) is 8.66. The lowest BCUT2D eigenvalue weighted by atomic mass is 9.72. The highest BCUT2D eigenvalue weighted by molar-refractivity contribution is 9.10. The molecule has 5 heterocycles. The van der Waals surface area contributed by atoms with Crippen LogP contribution in [0.5, 0.6) is 34.5 Å². The lowest BCUT2D eigenvalue weighted by molar-refractivity contribution is -0.191. The number of hydrogen-bond donors (Lipinski definition) is 1. The van der Waals surface area contributed by atoms with E-state index in [-0.39, 0.29) is 43.4 Å². The zero-order chi connectivity index (χ0) is 44.4. The first kappa shape index (κ1) is 46.9. The molecule has 0 atom stereocenters. The fourth-order valence-electron chi connectivity index (χ4n) is 7.43. The summed E-state index contributed by atoms with van der Waals surface area (Å²) in [4.78, 5) is 44.0. The number of fused-ring (bicyclic) bond motifs is 3. The van der Waals surface area contributed by atoms with Crippen LogP contribution in [-0.4, -0.2) is 91.0 Å². The molecule has 0 aromatic heterocycles. The van der Waals surface area contributed by atoms with Gasteiger partial charge in [0, 0.05) is 30.7 Å². The molecule has 0 bridgehead atoms. The third kappa shape index (κ3) is 12.7. The summed E-state index contributed by atoms with van der Waals surface area (Å²) in [6, 6.07) is 16.8. The van der Waals surface area contributed by atoms with Crippen molar-refractivity contribution >= 4 is 34.3 Å². The van der Waals surface area contributed by atoms with Crippen LogP contribution in [0.3, 0.4) is 0 Å². The second kappa shape index (κ2) is 20.6. The number of halogens is 1. The van der Waals surface area contributed by atoms with E-state index in [0.29, 0.717) is 66.8 Å². The molecule has 332 valence electrons. The number of likely N-dealkylation sites (tertiary alicyclic amines) is 2. The van der Waals surface area contributed by atoms with E-state index >= 15 is 0 Å². The maximum atomic E-state index is 12.5. The van der Waals surface area contributed by atoms with Crippen LogP contribution in [0.25, 0.3) is 0 Å². The highest BCUT2D eigenvalue weighted by Gasteiger charge is 2.44. The van der Waals surface area contributed by atoms with Crippen molar-refractivity contribution in [2.24, 2.45) is 11.8 Å². The van der Waals surface area contributed by atoms with Crippen molar-refractivity contribution in [3.05, 3.63) is 70.2 Å². The summed E-state index contributed by atoms with van der Waals surface area (Å²) >= 11 is 3.33. The molecule has 3 aromatic rings. The third-order valence-corrected chi connectivity index (χ3v) is 11.0. The zero-order valence-corrected chi connectivity index (χ0v) is 37.5. The van der Waals surface area contributed by atoms with Gasteiger partial charge in [-0.15, -0.1) is 0 Å². The Morgan fingerprint density at radius 2 is 1.00 bits per heavy atom. The summed E-state index contributed by atoms with van der Waals surface area (Å²) < 4.78 is 44.2. The number of nitrogens with zero attached hydrogens (tertiary/aromatic N) is 2. The molecule has 1 N–H and O–H groups in total. The largest absolute Gasteiger partial charge is 0.454 e. The molecule has 0 radical (unpaired) electrons. The lowest BCUT2D eigenvalue weighted by Gasteiger charge is -2.42. The van der Waals surface area contributed by atoms with Gasteiger partial charge in [0.2, 0.25) is 20.4 Å². The van der Waals surface area contributed by atoms with Crippen molar-refractivity contribution in [1.82, 2.24) is 9.80 Å². The molecule has 0 unspecified atom stereocenters. The summed E-state index contributed by atoms with van der Waals surface area (Å²) in [6.45, 7) is 16.9. The smallest absolute Gasteiger partial charge is 0.410 e. The van der Waals surface area contributed by atoms with Gasteiger partial charge in [-0.05, 0) is 133 Å². The first-order valence-corrected chi connectivity index (χ1v) is 21.3. The van der Waals surface area contributed by atoms with E-state index in [9.17, 15) is 14.7 Å². The van der Waals surface area contributed by atoms with Gasteiger partial charge in [-0.25, -0.2) is 9.59 Å². The molecular formula is C45H57BrN2O13. The van der Waals surface area contributed by atoms with Gasteiger partial charge < -0.3 is 52.8 Å². The highest BCUT2D eigenvalue weighted by atomic mass is 79.9. The molecule has 61 heavy (non-hydrogen) atoms. The fourth-order valence-corrected chi connectivity index (χ4v) is 7.77. The Hall–Kier alpha value is -5.18. The molecule has 5 aliphatic heterocycles. The minimum Gasteiger partial charge on any atom is -0.454 e. The van der Waals surface area contributed by atoms with E-state index in [1.54, 1.807) is 4.90 Å². The second-order valence-electron chi connectivity index (χ2n) is 17.0. The summed E-state index contributed by atoms with van der Waals surface area (Å²) in [6.07, 6.45) is 4.46. The molecule has 5 aliphatic rings. The molecule has 2 fully saturated rings. The SMILES string of the molecule is Brc1ccc2c(c1)OCO2.CC(C)(C)OC(=O)N1CCC(C(O)(c2ccc3c(c2)OCO3)c2ccc3c(c2)OCO3)CC1.CCC1CCN(C(=O)OC(C)(C)C)CC1.O=C=O. The number of benzene rings is 3. The van der Waals surface area contributed by atoms with Crippen LogP contribution in [0.2, 0.25) is 0 Å². The maximum absolute atomic E-state index is 12.5. The van der Waals surface area contributed by atoms with Crippen molar-refractivity contribution in [3.63, 3.8) is 0 Å². The van der Waals surface area contributed by atoms with Gasteiger partial charge in [-0.3, -0.25) is 0 Å². The van der Waals surface area contributed by atoms with Crippen LogP contribution < -0.4 is 28.4 Å². The van der Waals surface area contributed by atoms with Crippen LogP contribution in [0.1, 0.15) is 91.7 Å². The Balaban J connectivity index is 0.000000206. The number of carbonyl (C=O) groups is 2. The normalized spacial score (nSPS) is 16.7. The number of aliphatic hydroxyl groups is 1. The average Bonchev–Trinajstić information content (AvgIpc) is 4.01. The van der Waals surface area contributed by atoms with E-state index in [4.69, 9.17) is 47.5 Å². The van der Waals surface area contributed by atoms with Crippen molar-refractivity contribution in [1.29, 1.82) is 0 Å². The minimum absolute atomic E-state index is 0.142. The molecule has 0 saturated carbocycles. The van der Waals surface area contributed by atoms with Crippen LogP contribution >= 0.6 is 15.9 Å². The Morgan fingerprint density at radius 1 is 0.639 bits per heavy atom. The maximum Gasteiger partial charge on any atom is 0.410 e. The summed E-state index contributed by atoms with van der Waals surface area (Å²) in [5, 5.41) is 12.3. The Labute approximate surface area is 365 Å². The quantitative estimate of drug-likeness (QED) is 0.264. The number of piperidine rings is 2. The lowest BCUT2D eigenvalue weighted by Crippen LogP contribution is -2.47. The zero-order valence-electron chi connectivity index (χ0n) is 36.0. The number of amides is 2. The number of carbonyl (C=O) groups excluding carboxylic acids is 4. The van der Waals surface area contributed by atoms with Crippen LogP contribution in [0.15, 0.2) is 59.1 Å². The highest BCUT2D eigenvalue weighted by Crippen LogP contribution is 2.47. The fraction of sp³-hybridized carbons (Fsp3) is 0.533. The molecule has 15 nitrogen and oxygen atoms in total. The van der Waals surface area contributed by atoms with E-state index in [1.165, 1.54) is 6.42 Å². The number of hydrogen-bond acceptors (Lipinski definition) is 13. The standard InChI is InChI=1S/C25H29NO7.C12H23NO2.C7H5BrO2.CO2/c1-24(2,3)33-23(27)26-10-8-16(9-11-26)25(28,17-4-6-19-21(12-17)31-14-29-19)18-5-7-20-22(13-18)32-15-30-20;1-5-10-6-8-13(9-7-10)11(14)15-12(2,3)4;8-5-1-2-6-7(3-5)10-4-9-6;2-1-3/h4-7,12-13,16,28H,8-11,14-15H2,1-3H3;10H,5-9H2,1-4H3;1-3H,4H2;. The molecule has 3 aromatic carbocycles. The van der Waals surface area contributed by atoms with E-state index in [0.717, 1.165) is 47.8 Å². The molecule has 16 heteroatoms. The molecule has 0 spiro atoms. The molecule has 0 aliphatic carbocycles. The van der Waals surface area contributed by atoms with Gasteiger partial charge in [-0.1, -0.05) is 41.4 Å². The Morgan fingerprint density at radius 3 is 1.39 bits per heavy atom. The first-order chi connectivity index (χ1) is 28.9. The summed E-state index contributed by atoms with van der Waals surface area (Å²) in [7, 11) is 0. The van der Waals surface area contributed by atoms with Gasteiger partial charge in [0.1, 0.15) is 16.8 Å². The topological polar surface area (TPSA) is 169 Å². The molecule has 2 saturated heterocycles. The predicted molar refractivity (Wildman–Crippen MR) is 225 cm³/mol. The number of ether oxygens (including phenoxy) is 8. The Kier molecular flexibility index (Phi) is 15.8. The van der Waals surface area contributed by atoms with Crippen molar-refractivity contribution in [2.75, 3.05) is 46.6 Å². The van der Waals surface area contributed by atoms with Crippen molar-refractivity contribution < 1.29 is 62.2 Å². The first-order valence-electron chi connectivity index (χ1n) is 20.5. The second-order valence-corrected chi connectivity index (χ2v) is 18.0. The van der Waals surface area contributed by atoms with Crippen molar-refractivity contribution in [3.8, 4) is 34.5 Å². The van der Waals surface area contributed by atoms with Crippen LogP contribution in [-0.2, 0) is 24.7 Å². The summed E-state index contributed by atoms with van der Waals surface area (Å²) in [5.41, 5.74) is -0.823. The van der Waals surface area contributed by atoms with E-state index in [1.807, 2.05) is 101 Å². The monoisotopic (exact) mass is 912 g/mol. The molecule has 2 amide bonds. The van der Waals surface area contributed by atoms with Crippen LogP contribution in [0, 0.1) is 11.8 Å². The van der Waals surface area contributed by atoms with Gasteiger partial charge in [0.15, 0.2) is 34.5 Å². The molecular weight excluding hydrogens is 856 g/mol. The Bertz CT molecular complexity index is 1930. The van der Waals surface area contributed by atoms with Crippen LogP contribution in [0.4, 0.5) is 9.59 Å². The number of rotatable bonds is 4.